The number of anilines is 2. The molecule has 0 aromatic carbocycles. The normalized spacial score (nSPS) is 14.3. The number of halogens is 1. The van der Waals surface area contributed by atoms with Crippen molar-refractivity contribution in [2.45, 2.75) is 26.2 Å². The van der Waals surface area contributed by atoms with E-state index in [-0.39, 0.29) is 6.03 Å². The zero-order valence-electron chi connectivity index (χ0n) is 16.6. The monoisotopic (exact) mass is 415 g/mol. The van der Waals surface area contributed by atoms with Gasteiger partial charge in [0.1, 0.15) is 10.8 Å². The van der Waals surface area contributed by atoms with Crippen LogP contribution >= 0.6 is 11.3 Å². The van der Waals surface area contributed by atoms with Crippen molar-refractivity contribution in [3.05, 3.63) is 23.2 Å². The summed E-state index contributed by atoms with van der Waals surface area (Å²) in [6.45, 7) is 3.31. The van der Waals surface area contributed by atoms with Crippen molar-refractivity contribution in [3.63, 3.8) is 0 Å². The lowest BCUT2D eigenvalue weighted by atomic mass is 10.1. The molecule has 0 aliphatic carbocycles. The van der Waals surface area contributed by atoms with Gasteiger partial charge in [0.15, 0.2) is 5.01 Å². The fourth-order valence-electron chi connectivity index (χ4n) is 3.53. The minimum Gasteiger partial charge on any atom is -0.376 e. The quantitative estimate of drug-likeness (QED) is 0.657. The molecule has 0 spiro atoms. The first-order valence-electron chi connectivity index (χ1n) is 9.47. The van der Waals surface area contributed by atoms with Gasteiger partial charge in [0.25, 0.3) is 0 Å². The van der Waals surface area contributed by atoms with Crippen LogP contribution in [0.25, 0.3) is 21.5 Å². The topological polar surface area (TPSA) is 87.1 Å². The number of hydrogen-bond acceptors (Lipinski definition) is 7. The van der Waals surface area contributed by atoms with Crippen molar-refractivity contribution in [2.24, 2.45) is 0 Å². The Labute approximate surface area is 171 Å². The van der Waals surface area contributed by atoms with E-state index in [0.29, 0.717) is 33.0 Å². The molecule has 10 heteroatoms. The summed E-state index contributed by atoms with van der Waals surface area (Å²) in [6.07, 6.45) is 4.65. The highest BCUT2D eigenvalue weighted by Gasteiger charge is 2.23. The van der Waals surface area contributed by atoms with Crippen molar-refractivity contribution in [1.29, 1.82) is 0 Å². The third-order valence-electron chi connectivity index (χ3n) is 4.87. The maximum Gasteiger partial charge on any atom is 0.323 e. The average molecular weight is 415 g/mol. The van der Waals surface area contributed by atoms with Crippen LogP contribution in [0.2, 0.25) is 0 Å². The van der Waals surface area contributed by atoms with Gasteiger partial charge >= 0.3 is 6.03 Å². The third kappa shape index (κ3) is 3.84. The molecule has 29 heavy (non-hydrogen) atoms. The van der Waals surface area contributed by atoms with Gasteiger partial charge < -0.3 is 9.80 Å². The number of carbonyl (C=O) groups excluding carboxylic acids is 1. The highest BCUT2D eigenvalue weighted by atomic mass is 32.1. The number of pyridine rings is 2. The lowest BCUT2D eigenvalue weighted by Crippen LogP contribution is -2.38. The molecule has 0 unspecified atom stereocenters. The molecule has 1 aliphatic rings. The number of nitrogens with one attached hydrogen (secondary N) is 1. The Hall–Kier alpha value is -2.88. The van der Waals surface area contributed by atoms with Gasteiger partial charge in [-0.05, 0) is 32.3 Å². The Morgan fingerprint density at radius 2 is 2.00 bits per heavy atom. The number of aromatic nitrogens is 4. The number of likely N-dealkylation sites (tertiary alicyclic amines) is 1. The number of urea groups is 1. The molecule has 152 valence electrons. The summed E-state index contributed by atoms with van der Waals surface area (Å²) < 4.78 is 14.9. The van der Waals surface area contributed by atoms with E-state index in [9.17, 15) is 9.18 Å². The average Bonchev–Trinajstić information content (AvgIpc) is 3.13. The Balaban J connectivity index is 1.77. The van der Waals surface area contributed by atoms with Gasteiger partial charge in [-0.25, -0.2) is 14.8 Å². The molecule has 0 radical (unpaired) electrons. The second-order valence-electron chi connectivity index (χ2n) is 7.21. The largest absolute Gasteiger partial charge is 0.376 e. The van der Waals surface area contributed by atoms with Crippen LogP contribution in [0.5, 0.6) is 0 Å². The van der Waals surface area contributed by atoms with Crippen LogP contribution < -0.4 is 10.2 Å². The van der Waals surface area contributed by atoms with Crippen molar-refractivity contribution in [3.8, 4) is 10.6 Å². The fourth-order valence-corrected chi connectivity index (χ4v) is 4.25. The molecule has 1 saturated heterocycles. The number of rotatable bonds is 3. The summed E-state index contributed by atoms with van der Waals surface area (Å²) >= 11 is 1.31. The lowest BCUT2D eigenvalue weighted by Gasteiger charge is -2.26. The van der Waals surface area contributed by atoms with Gasteiger partial charge in [-0.15, -0.1) is 10.2 Å². The molecule has 3 aromatic heterocycles. The van der Waals surface area contributed by atoms with Crippen LogP contribution in [0.4, 0.5) is 20.7 Å². The maximum atomic E-state index is 14.9. The van der Waals surface area contributed by atoms with E-state index in [0.717, 1.165) is 37.4 Å². The number of carbonyl (C=O) groups is 1. The maximum absolute atomic E-state index is 14.9. The van der Waals surface area contributed by atoms with Gasteiger partial charge in [-0.3, -0.25) is 5.32 Å². The first kappa shape index (κ1) is 19.4. The number of nitrogens with zero attached hydrogens (tertiary/aromatic N) is 6. The van der Waals surface area contributed by atoms with Crippen LogP contribution in [-0.4, -0.2) is 58.3 Å². The number of aryl methyl sites for hydroxylation is 1. The van der Waals surface area contributed by atoms with Crippen molar-refractivity contribution in [1.82, 2.24) is 25.1 Å². The van der Waals surface area contributed by atoms with Gasteiger partial charge in [-0.1, -0.05) is 11.3 Å². The SMILES string of the molecule is Cc1nnc(-c2c(F)nc3cnc(NC(=O)N4CCCCC4)cc3c2N(C)C)s1. The van der Waals surface area contributed by atoms with E-state index in [1.807, 2.05) is 25.9 Å². The summed E-state index contributed by atoms with van der Waals surface area (Å²) in [5.41, 5.74) is 1.33. The number of fused-ring (bicyclic) bond motifs is 1. The van der Waals surface area contributed by atoms with E-state index in [1.54, 1.807) is 11.0 Å². The van der Waals surface area contributed by atoms with Crippen molar-refractivity contribution in [2.75, 3.05) is 37.4 Å². The Morgan fingerprint density at radius 3 is 2.66 bits per heavy atom. The summed E-state index contributed by atoms with van der Waals surface area (Å²) in [5.74, 6) is -0.215. The molecular formula is C19H22FN7OS. The van der Waals surface area contributed by atoms with Crippen molar-refractivity contribution < 1.29 is 9.18 Å². The molecule has 0 bridgehead atoms. The molecule has 8 nitrogen and oxygen atoms in total. The minimum absolute atomic E-state index is 0.169. The second-order valence-corrected chi connectivity index (χ2v) is 8.39. The highest BCUT2D eigenvalue weighted by molar-refractivity contribution is 7.14. The predicted molar refractivity (Wildman–Crippen MR) is 112 cm³/mol. The molecule has 0 saturated carbocycles. The number of hydrogen-bond donors (Lipinski definition) is 1. The summed E-state index contributed by atoms with van der Waals surface area (Å²) in [6, 6.07) is 1.56. The van der Waals surface area contributed by atoms with Crippen molar-refractivity contribution >= 4 is 39.8 Å². The summed E-state index contributed by atoms with van der Waals surface area (Å²) in [4.78, 5) is 24.5. The predicted octanol–water partition coefficient (Wildman–Crippen LogP) is 3.68. The smallest absolute Gasteiger partial charge is 0.323 e. The van der Waals surface area contributed by atoms with Gasteiger partial charge in [0, 0.05) is 32.6 Å². The zero-order valence-corrected chi connectivity index (χ0v) is 17.4. The lowest BCUT2D eigenvalue weighted by molar-refractivity contribution is 0.200. The van der Waals surface area contributed by atoms with Crippen LogP contribution in [0.15, 0.2) is 12.3 Å². The first-order valence-corrected chi connectivity index (χ1v) is 10.3. The Morgan fingerprint density at radius 1 is 1.24 bits per heavy atom. The molecule has 0 atom stereocenters. The van der Waals surface area contributed by atoms with Gasteiger partial charge in [0.05, 0.1) is 23.0 Å². The standard InChI is InChI=1S/C19H22FN7OS/c1-11-24-25-18(29-11)15-16(26(2)3)12-9-14(21-10-13(12)22-17(15)20)23-19(28)27-7-5-4-6-8-27/h9-10H,4-8H2,1-3H3,(H,21,23,28). The third-order valence-corrected chi connectivity index (χ3v) is 5.72. The van der Waals surface area contributed by atoms with Crippen LogP contribution in [0, 0.1) is 12.9 Å². The van der Waals surface area contributed by atoms with Gasteiger partial charge in [-0.2, -0.15) is 4.39 Å². The van der Waals surface area contributed by atoms with E-state index >= 15 is 0 Å². The second kappa shape index (κ2) is 7.86. The van der Waals surface area contributed by atoms with E-state index in [2.05, 4.69) is 25.5 Å². The molecule has 2 amide bonds. The molecule has 4 rings (SSSR count). The molecule has 1 aliphatic heterocycles. The molecule has 3 aromatic rings. The van der Waals surface area contributed by atoms with Crippen LogP contribution in [-0.2, 0) is 0 Å². The first-order chi connectivity index (χ1) is 13.9. The highest BCUT2D eigenvalue weighted by Crippen LogP contribution is 2.39. The molecule has 1 N–H and O–H groups in total. The number of piperidine rings is 1. The summed E-state index contributed by atoms with van der Waals surface area (Å²) in [7, 11) is 3.66. The zero-order chi connectivity index (χ0) is 20.5. The summed E-state index contributed by atoms with van der Waals surface area (Å²) in [5, 5.41) is 12.9. The molecular weight excluding hydrogens is 393 g/mol. The Bertz CT molecular complexity index is 1060. The Kier molecular flexibility index (Phi) is 5.27. The van der Waals surface area contributed by atoms with Crippen LogP contribution in [0.1, 0.15) is 24.3 Å². The minimum atomic E-state index is -0.621. The molecule has 4 heterocycles. The van der Waals surface area contributed by atoms with Crippen LogP contribution in [0.3, 0.4) is 0 Å². The van der Waals surface area contributed by atoms with Gasteiger partial charge in [0.2, 0.25) is 5.95 Å². The van der Waals surface area contributed by atoms with E-state index in [4.69, 9.17) is 0 Å². The fraction of sp³-hybridized carbons (Fsp3) is 0.421. The number of amides is 2. The van der Waals surface area contributed by atoms with E-state index < -0.39 is 5.95 Å². The molecule has 1 fully saturated rings. The van der Waals surface area contributed by atoms with E-state index in [1.165, 1.54) is 17.5 Å².